The van der Waals surface area contributed by atoms with Crippen LogP contribution in [0, 0.1) is 20.8 Å². The average molecular weight is 304 g/mol. The molecule has 0 saturated heterocycles. The summed E-state index contributed by atoms with van der Waals surface area (Å²) in [7, 11) is 0. The highest BCUT2D eigenvalue weighted by Crippen LogP contribution is 2.30. The maximum absolute atomic E-state index is 5.78. The Kier molecular flexibility index (Phi) is 3.01. The quantitative estimate of drug-likeness (QED) is 0.561. The molecule has 2 aromatic carbocycles. The Morgan fingerprint density at radius 1 is 0.957 bits per heavy atom. The predicted molar refractivity (Wildman–Crippen MR) is 88.6 cm³/mol. The van der Waals surface area contributed by atoms with E-state index in [9.17, 15) is 0 Å². The Bertz CT molecular complexity index is 993. The van der Waals surface area contributed by atoms with Crippen molar-refractivity contribution in [2.75, 3.05) is 0 Å². The van der Waals surface area contributed by atoms with Crippen LogP contribution in [0.3, 0.4) is 0 Å². The Balaban J connectivity index is 2.00. The minimum absolute atomic E-state index is 0.644. The molecule has 0 radical (unpaired) electrons. The van der Waals surface area contributed by atoms with E-state index in [-0.39, 0.29) is 0 Å². The first-order valence-electron chi connectivity index (χ1n) is 7.48. The fraction of sp³-hybridized carbons (Fsp3) is 0.167. The van der Waals surface area contributed by atoms with Crippen molar-refractivity contribution in [2.24, 2.45) is 0 Å². The van der Waals surface area contributed by atoms with Crippen molar-refractivity contribution in [1.82, 2.24) is 19.7 Å². The molecular formula is C18H16N4O. The minimum atomic E-state index is 0.644. The lowest BCUT2D eigenvalue weighted by atomic mass is 10.1. The zero-order valence-electron chi connectivity index (χ0n) is 13.2. The van der Waals surface area contributed by atoms with Gasteiger partial charge in [0.25, 0.3) is 0 Å². The lowest BCUT2D eigenvalue weighted by Gasteiger charge is -2.12. The van der Waals surface area contributed by atoms with Crippen LogP contribution in [-0.2, 0) is 0 Å². The van der Waals surface area contributed by atoms with Crippen LogP contribution >= 0.6 is 0 Å². The van der Waals surface area contributed by atoms with Crippen molar-refractivity contribution in [3.8, 4) is 17.1 Å². The molecule has 0 aliphatic heterocycles. The molecular weight excluding hydrogens is 288 g/mol. The fourth-order valence-corrected chi connectivity index (χ4v) is 3.00. The molecule has 23 heavy (non-hydrogen) atoms. The Hall–Kier alpha value is -2.95. The molecule has 0 saturated carbocycles. The number of rotatable bonds is 2. The number of benzene rings is 2. The zero-order valence-corrected chi connectivity index (χ0v) is 13.2. The van der Waals surface area contributed by atoms with Gasteiger partial charge in [-0.2, -0.15) is 0 Å². The SMILES string of the molecule is Cc1nc2cccc(-c3nncn3-c3c(C)cccc3C)c2o1. The van der Waals surface area contributed by atoms with E-state index in [1.54, 1.807) is 6.33 Å². The molecule has 2 aromatic heterocycles. The van der Waals surface area contributed by atoms with E-state index >= 15 is 0 Å². The van der Waals surface area contributed by atoms with E-state index in [0.717, 1.165) is 28.2 Å². The molecule has 0 aliphatic carbocycles. The first-order valence-corrected chi connectivity index (χ1v) is 7.48. The summed E-state index contributed by atoms with van der Waals surface area (Å²) in [4.78, 5) is 4.40. The summed E-state index contributed by atoms with van der Waals surface area (Å²) in [5.41, 5.74) is 5.91. The molecule has 0 spiro atoms. The van der Waals surface area contributed by atoms with E-state index < -0.39 is 0 Å². The minimum Gasteiger partial charge on any atom is -0.440 e. The maximum atomic E-state index is 5.78. The molecule has 0 unspecified atom stereocenters. The van der Waals surface area contributed by atoms with E-state index in [0.29, 0.717) is 5.89 Å². The second kappa shape index (κ2) is 5.05. The maximum Gasteiger partial charge on any atom is 0.192 e. The van der Waals surface area contributed by atoms with Crippen LogP contribution in [0.25, 0.3) is 28.2 Å². The van der Waals surface area contributed by atoms with Gasteiger partial charge in [0.05, 0.1) is 11.3 Å². The van der Waals surface area contributed by atoms with E-state index in [4.69, 9.17) is 4.42 Å². The molecule has 0 fully saturated rings. The lowest BCUT2D eigenvalue weighted by Crippen LogP contribution is -2.01. The predicted octanol–water partition coefficient (Wildman–Crippen LogP) is 4.00. The highest BCUT2D eigenvalue weighted by molar-refractivity contribution is 5.88. The number of aryl methyl sites for hydroxylation is 3. The van der Waals surface area contributed by atoms with Gasteiger partial charge in [0.1, 0.15) is 11.8 Å². The van der Waals surface area contributed by atoms with Crippen molar-refractivity contribution < 1.29 is 4.42 Å². The third kappa shape index (κ3) is 2.12. The Morgan fingerprint density at radius 3 is 2.48 bits per heavy atom. The summed E-state index contributed by atoms with van der Waals surface area (Å²) in [5, 5.41) is 8.45. The third-order valence-electron chi connectivity index (χ3n) is 3.99. The summed E-state index contributed by atoms with van der Waals surface area (Å²) >= 11 is 0. The molecule has 114 valence electrons. The van der Waals surface area contributed by atoms with Gasteiger partial charge in [-0.1, -0.05) is 24.3 Å². The second-order valence-electron chi connectivity index (χ2n) is 5.65. The number of aromatic nitrogens is 4. The van der Waals surface area contributed by atoms with Crippen LogP contribution in [0.2, 0.25) is 0 Å². The summed E-state index contributed by atoms with van der Waals surface area (Å²) in [6.07, 6.45) is 1.74. The van der Waals surface area contributed by atoms with Gasteiger partial charge in [-0.15, -0.1) is 10.2 Å². The largest absolute Gasteiger partial charge is 0.440 e. The lowest BCUT2D eigenvalue weighted by molar-refractivity contribution is 0.561. The molecule has 0 aliphatic rings. The monoisotopic (exact) mass is 304 g/mol. The first kappa shape index (κ1) is 13.7. The number of fused-ring (bicyclic) bond motifs is 1. The molecule has 0 atom stereocenters. The summed E-state index contributed by atoms with van der Waals surface area (Å²) in [6, 6.07) is 12.1. The second-order valence-corrected chi connectivity index (χ2v) is 5.65. The van der Waals surface area contributed by atoms with Crippen molar-refractivity contribution in [3.05, 3.63) is 59.7 Å². The van der Waals surface area contributed by atoms with Gasteiger partial charge in [0, 0.05) is 6.92 Å². The number of hydrogen-bond donors (Lipinski definition) is 0. The summed E-state index contributed by atoms with van der Waals surface area (Å²) in [5.74, 6) is 1.40. The molecule has 4 rings (SSSR count). The molecule has 5 heteroatoms. The van der Waals surface area contributed by atoms with Crippen LogP contribution in [0.1, 0.15) is 17.0 Å². The molecule has 2 heterocycles. The summed E-state index contributed by atoms with van der Waals surface area (Å²) in [6.45, 7) is 6.02. The number of para-hydroxylation sites is 2. The molecule has 5 nitrogen and oxygen atoms in total. The number of oxazole rings is 1. The smallest absolute Gasteiger partial charge is 0.192 e. The summed E-state index contributed by atoms with van der Waals surface area (Å²) < 4.78 is 7.79. The van der Waals surface area contributed by atoms with Gasteiger partial charge in [-0.25, -0.2) is 4.98 Å². The van der Waals surface area contributed by atoms with Gasteiger partial charge in [0.15, 0.2) is 17.3 Å². The standard InChI is InChI=1S/C18H16N4O/c1-11-6-4-7-12(2)16(11)22-10-19-21-18(22)14-8-5-9-15-17(14)23-13(3)20-15/h4-10H,1-3H3. The van der Waals surface area contributed by atoms with E-state index in [2.05, 4.69) is 47.2 Å². The number of nitrogens with zero attached hydrogens (tertiary/aromatic N) is 4. The van der Waals surface area contributed by atoms with Gasteiger partial charge < -0.3 is 4.42 Å². The van der Waals surface area contributed by atoms with Crippen molar-refractivity contribution in [1.29, 1.82) is 0 Å². The van der Waals surface area contributed by atoms with Crippen LogP contribution < -0.4 is 0 Å². The van der Waals surface area contributed by atoms with Crippen LogP contribution in [0.5, 0.6) is 0 Å². The van der Waals surface area contributed by atoms with Gasteiger partial charge in [-0.05, 0) is 37.1 Å². The Labute approximate surface area is 133 Å². The van der Waals surface area contributed by atoms with Crippen LogP contribution in [-0.4, -0.2) is 19.7 Å². The normalized spacial score (nSPS) is 11.3. The van der Waals surface area contributed by atoms with Gasteiger partial charge in [-0.3, -0.25) is 4.57 Å². The van der Waals surface area contributed by atoms with Crippen LogP contribution in [0.15, 0.2) is 47.1 Å². The topological polar surface area (TPSA) is 56.7 Å². The Morgan fingerprint density at radius 2 is 1.70 bits per heavy atom. The van der Waals surface area contributed by atoms with Crippen molar-refractivity contribution in [2.45, 2.75) is 20.8 Å². The van der Waals surface area contributed by atoms with E-state index in [1.165, 1.54) is 11.1 Å². The molecule has 0 amide bonds. The first-order chi connectivity index (χ1) is 11.1. The average Bonchev–Trinajstić information content (AvgIpc) is 3.12. The third-order valence-corrected chi connectivity index (χ3v) is 3.99. The van der Waals surface area contributed by atoms with E-state index in [1.807, 2.05) is 29.7 Å². The number of hydrogen-bond acceptors (Lipinski definition) is 4. The highest BCUT2D eigenvalue weighted by Gasteiger charge is 2.17. The zero-order chi connectivity index (χ0) is 16.0. The highest BCUT2D eigenvalue weighted by atomic mass is 16.3. The van der Waals surface area contributed by atoms with Gasteiger partial charge in [0.2, 0.25) is 0 Å². The van der Waals surface area contributed by atoms with Crippen LogP contribution in [0.4, 0.5) is 0 Å². The molecule has 0 N–H and O–H groups in total. The van der Waals surface area contributed by atoms with Crippen molar-refractivity contribution in [3.63, 3.8) is 0 Å². The van der Waals surface area contributed by atoms with Crippen molar-refractivity contribution >= 4 is 11.1 Å². The molecule has 4 aromatic rings. The molecule has 0 bridgehead atoms. The van der Waals surface area contributed by atoms with Gasteiger partial charge >= 0.3 is 0 Å². The fourth-order valence-electron chi connectivity index (χ4n) is 3.00.